The lowest BCUT2D eigenvalue weighted by Gasteiger charge is -2.11. The molecule has 0 fully saturated rings. The average Bonchev–Trinajstić information content (AvgIpc) is 2.34. The number of aliphatic hydroxyl groups is 2. The van der Waals surface area contributed by atoms with Crippen LogP contribution in [0.2, 0.25) is 0 Å². The highest BCUT2D eigenvalue weighted by atomic mass is 32.2. The number of nitriles is 1. The molecule has 0 bridgehead atoms. The average molecular weight is 277 g/mol. The summed E-state index contributed by atoms with van der Waals surface area (Å²) in [7, 11) is 0. The maximum atomic E-state index is 12.5. The van der Waals surface area contributed by atoms with Gasteiger partial charge in [0.15, 0.2) is 0 Å². The molecule has 1 aromatic rings. The first-order valence-corrected chi connectivity index (χ1v) is 5.90. The van der Waals surface area contributed by atoms with Gasteiger partial charge in [-0.2, -0.15) is 18.4 Å². The number of thioether (sulfide) groups is 1. The first kappa shape index (κ1) is 14.8. The van der Waals surface area contributed by atoms with Gasteiger partial charge in [-0.3, -0.25) is 0 Å². The number of hydrogen-bond donors (Lipinski definition) is 2. The maximum absolute atomic E-state index is 12.5. The second-order valence-corrected chi connectivity index (χ2v) is 4.56. The second kappa shape index (κ2) is 6.09. The fourth-order valence-electron chi connectivity index (χ4n) is 1.20. The predicted octanol–water partition coefficient (Wildman–Crippen LogP) is 2.02. The van der Waals surface area contributed by atoms with Gasteiger partial charge in [-0.1, -0.05) is 0 Å². The van der Waals surface area contributed by atoms with Crippen molar-refractivity contribution in [1.29, 1.82) is 5.26 Å². The van der Waals surface area contributed by atoms with Crippen molar-refractivity contribution >= 4 is 11.8 Å². The van der Waals surface area contributed by atoms with Gasteiger partial charge in [-0.15, -0.1) is 11.8 Å². The lowest BCUT2D eigenvalue weighted by Crippen LogP contribution is -2.14. The van der Waals surface area contributed by atoms with Crippen LogP contribution in [-0.4, -0.2) is 28.7 Å². The van der Waals surface area contributed by atoms with E-state index in [0.717, 1.165) is 23.9 Å². The van der Waals surface area contributed by atoms with Crippen LogP contribution in [0.25, 0.3) is 0 Å². The number of aliphatic hydroxyl groups excluding tert-OH is 2. The van der Waals surface area contributed by atoms with Crippen molar-refractivity contribution in [3.63, 3.8) is 0 Å². The molecule has 3 nitrogen and oxygen atoms in total. The summed E-state index contributed by atoms with van der Waals surface area (Å²) >= 11 is 1.07. The van der Waals surface area contributed by atoms with Crippen molar-refractivity contribution in [2.75, 3.05) is 12.4 Å². The minimum absolute atomic E-state index is 0.146. The van der Waals surface area contributed by atoms with Gasteiger partial charge in [-0.05, 0) is 18.2 Å². The molecule has 2 N–H and O–H groups in total. The monoisotopic (exact) mass is 277 g/mol. The van der Waals surface area contributed by atoms with Crippen molar-refractivity contribution < 1.29 is 23.4 Å². The first-order valence-electron chi connectivity index (χ1n) is 4.91. The number of hydrogen-bond acceptors (Lipinski definition) is 4. The largest absolute Gasteiger partial charge is 0.417 e. The molecule has 0 aliphatic heterocycles. The summed E-state index contributed by atoms with van der Waals surface area (Å²) in [6, 6.07) is 4.70. The van der Waals surface area contributed by atoms with Gasteiger partial charge in [-0.25, -0.2) is 0 Å². The number of rotatable bonds is 4. The van der Waals surface area contributed by atoms with Crippen LogP contribution in [0, 0.1) is 11.3 Å². The van der Waals surface area contributed by atoms with E-state index in [1.54, 1.807) is 0 Å². The smallest absolute Gasteiger partial charge is 0.394 e. The summed E-state index contributed by atoms with van der Waals surface area (Å²) < 4.78 is 37.5. The van der Waals surface area contributed by atoms with E-state index < -0.39 is 30.0 Å². The van der Waals surface area contributed by atoms with Crippen molar-refractivity contribution in [3.8, 4) is 6.07 Å². The standard InChI is InChI=1S/C11H10F3NO2S/c12-11(13,14)10-2-1-9(3-7(10)4-15)18-6-8(17)5-16/h1-3,8,16-17H,5-6H2. The quantitative estimate of drug-likeness (QED) is 0.826. The van der Waals surface area contributed by atoms with E-state index in [9.17, 15) is 13.2 Å². The molecule has 0 spiro atoms. The normalized spacial score (nSPS) is 13.1. The Kier molecular flexibility index (Phi) is 5.02. The molecule has 7 heteroatoms. The summed E-state index contributed by atoms with van der Waals surface area (Å²) in [4.78, 5) is 0.437. The van der Waals surface area contributed by atoms with E-state index in [2.05, 4.69) is 0 Å². The molecular weight excluding hydrogens is 267 g/mol. The summed E-state index contributed by atoms with van der Waals surface area (Å²) in [5, 5.41) is 26.4. The molecule has 18 heavy (non-hydrogen) atoms. The van der Waals surface area contributed by atoms with E-state index in [-0.39, 0.29) is 5.75 Å². The molecule has 0 saturated heterocycles. The van der Waals surface area contributed by atoms with Gasteiger partial charge in [0, 0.05) is 10.6 Å². The van der Waals surface area contributed by atoms with Gasteiger partial charge in [0.1, 0.15) is 0 Å². The Morgan fingerprint density at radius 2 is 2.06 bits per heavy atom. The zero-order valence-corrected chi connectivity index (χ0v) is 9.92. The Morgan fingerprint density at radius 1 is 1.39 bits per heavy atom. The summed E-state index contributed by atoms with van der Waals surface area (Å²) in [5.74, 6) is 0.146. The van der Waals surface area contributed by atoms with Crippen LogP contribution in [0.15, 0.2) is 23.1 Å². The van der Waals surface area contributed by atoms with E-state index in [0.29, 0.717) is 4.90 Å². The highest BCUT2D eigenvalue weighted by molar-refractivity contribution is 7.99. The number of nitrogens with zero attached hydrogens (tertiary/aromatic N) is 1. The van der Waals surface area contributed by atoms with Gasteiger partial charge in [0.2, 0.25) is 0 Å². The third kappa shape index (κ3) is 3.91. The molecular formula is C11H10F3NO2S. The highest BCUT2D eigenvalue weighted by Crippen LogP contribution is 2.33. The van der Waals surface area contributed by atoms with E-state index in [4.69, 9.17) is 15.5 Å². The molecule has 1 unspecified atom stereocenters. The Labute approximate surface area is 106 Å². The zero-order valence-electron chi connectivity index (χ0n) is 9.11. The van der Waals surface area contributed by atoms with Crippen molar-refractivity contribution in [2.45, 2.75) is 17.2 Å². The Hall–Kier alpha value is -1.23. The molecule has 0 radical (unpaired) electrons. The Balaban J connectivity index is 2.90. The number of halogens is 3. The van der Waals surface area contributed by atoms with Crippen LogP contribution >= 0.6 is 11.8 Å². The van der Waals surface area contributed by atoms with Crippen LogP contribution in [0.4, 0.5) is 13.2 Å². The van der Waals surface area contributed by atoms with Crippen molar-refractivity contribution in [2.24, 2.45) is 0 Å². The molecule has 0 aliphatic rings. The third-order valence-corrected chi connectivity index (χ3v) is 3.21. The van der Waals surface area contributed by atoms with Gasteiger partial charge < -0.3 is 10.2 Å². The van der Waals surface area contributed by atoms with Crippen molar-refractivity contribution in [1.82, 2.24) is 0 Å². The van der Waals surface area contributed by atoms with Crippen LogP contribution in [-0.2, 0) is 6.18 Å². The fraction of sp³-hybridized carbons (Fsp3) is 0.364. The fourth-order valence-corrected chi connectivity index (χ4v) is 2.05. The molecule has 0 amide bonds. The Morgan fingerprint density at radius 3 is 2.56 bits per heavy atom. The molecule has 1 atom stereocenters. The number of benzene rings is 1. The molecule has 98 valence electrons. The predicted molar refractivity (Wildman–Crippen MR) is 60.0 cm³/mol. The van der Waals surface area contributed by atoms with Crippen molar-refractivity contribution in [3.05, 3.63) is 29.3 Å². The third-order valence-electron chi connectivity index (χ3n) is 2.07. The highest BCUT2D eigenvalue weighted by Gasteiger charge is 2.33. The lowest BCUT2D eigenvalue weighted by atomic mass is 10.1. The molecule has 0 aromatic heterocycles. The van der Waals surface area contributed by atoms with E-state index in [1.807, 2.05) is 0 Å². The van der Waals surface area contributed by atoms with Crippen LogP contribution < -0.4 is 0 Å². The van der Waals surface area contributed by atoms with Gasteiger partial charge >= 0.3 is 6.18 Å². The van der Waals surface area contributed by atoms with Crippen LogP contribution in [0.5, 0.6) is 0 Å². The van der Waals surface area contributed by atoms with E-state index in [1.165, 1.54) is 12.1 Å². The summed E-state index contributed by atoms with van der Waals surface area (Å²) in [6.07, 6.45) is -5.50. The SMILES string of the molecule is N#Cc1cc(SCC(O)CO)ccc1C(F)(F)F. The van der Waals surface area contributed by atoms with Gasteiger partial charge in [0.25, 0.3) is 0 Å². The molecule has 0 aliphatic carbocycles. The van der Waals surface area contributed by atoms with Crippen LogP contribution in [0.3, 0.4) is 0 Å². The Bertz CT molecular complexity index is 457. The second-order valence-electron chi connectivity index (χ2n) is 3.46. The zero-order chi connectivity index (χ0) is 13.8. The molecule has 0 saturated carbocycles. The minimum atomic E-state index is -4.56. The minimum Gasteiger partial charge on any atom is -0.394 e. The first-order chi connectivity index (χ1) is 8.38. The maximum Gasteiger partial charge on any atom is 0.417 e. The molecule has 1 aromatic carbocycles. The number of alkyl halides is 3. The van der Waals surface area contributed by atoms with Gasteiger partial charge in [0.05, 0.1) is 29.9 Å². The summed E-state index contributed by atoms with van der Waals surface area (Å²) in [5.41, 5.74) is -1.43. The summed E-state index contributed by atoms with van der Waals surface area (Å²) in [6.45, 7) is -0.418. The molecule has 0 heterocycles. The topological polar surface area (TPSA) is 64.2 Å². The van der Waals surface area contributed by atoms with Crippen LogP contribution in [0.1, 0.15) is 11.1 Å². The lowest BCUT2D eigenvalue weighted by molar-refractivity contribution is -0.137. The van der Waals surface area contributed by atoms with E-state index >= 15 is 0 Å². The molecule has 1 rings (SSSR count).